The topological polar surface area (TPSA) is 77.6 Å². The number of hydrogen-bond donors (Lipinski definition) is 1. The van der Waals surface area contributed by atoms with E-state index >= 15 is 0 Å². The van der Waals surface area contributed by atoms with Gasteiger partial charge >= 0.3 is 6.18 Å². The van der Waals surface area contributed by atoms with Crippen molar-refractivity contribution in [1.29, 1.82) is 0 Å². The zero-order chi connectivity index (χ0) is 14.8. The van der Waals surface area contributed by atoms with E-state index in [-0.39, 0.29) is 29.3 Å². The largest absolute Gasteiger partial charge is 0.451 e. The summed E-state index contributed by atoms with van der Waals surface area (Å²) in [6.07, 6.45) is -2.28. The summed E-state index contributed by atoms with van der Waals surface area (Å²) in [5, 5.41) is 0. The van der Waals surface area contributed by atoms with E-state index in [1.807, 2.05) is 0 Å². The monoisotopic (exact) mass is 287 g/mol. The van der Waals surface area contributed by atoms with Gasteiger partial charge in [-0.3, -0.25) is 0 Å². The van der Waals surface area contributed by atoms with Crippen LogP contribution in [0.1, 0.15) is 17.3 Å². The first kappa shape index (κ1) is 14.3. The van der Waals surface area contributed by atoms with Crippen molar-refractivity contribution in [2.45, 2.75) is 19.4 Å². The van der Waals surface area contributed by atoms with Crippen LogP contribution in [0.3, 0.4) is 0 Å². The standard InChI is InChI=1S/C11H9F4N5/c12-2-9-17-4-6(5-18-9)8-1-7(3-16)19-10(20-8)11(13,14)15/h1,4-5H,2-3,16H2. The predicted octanol–water partition coefficient (Wildman–Crippen LogP) is 1.88. The van der Waals surface area contributed by atoms with E-state index in [9.17, 15) is 17.6 Å². The molecule has 2 aromatic rings. The van der Waals surface area contributed by atoms with Crippen molar-refractivity contribution in [2.24, 2.45) is 5.73 Å². The van der Waals surface area contributed by atoms with E-state index < -0.39 is 18.7 Å². The Morgan fingerprint density at radius 3 is 2.25 bits per heavy atom. The van der Waals surface area contributed by atoms with Gasteiger partial charge in [0.1, 0.15) is 6.67 Å². The van der Waals surface area contributed by atoms with Gasteiger partial charge in [0.05, 0.1) is 11.4 Å². The number of nitrogens with zero attached hydrogens (tertiary/aromatic N) is 4. The summed E-state index contributed by atoms with van der Waals surface area (Å²) in [5.74, 6) is -1.34. The summed E-state index contributed by atoms with van der Waals surface area (Å²) >= 11 is 0. The van der Waals surface area contributed by atoms with E-state index in [1.54, 1.807) is 0 Å². The Labute approximate surface area is 110 Å². The van der Waals surface area contributed by atoms with Crippen LogP contribution in [-0.2, 0) is 19.4 Å². The Bertz CT molecular complexity index is 597. The molecular formula is C11H9F4N5. The Balaban J connectivity index is 2.49. The molecule has 106 valence electrons. The molecule has 2 aromatic heterocycles. The lowest BCUT2D eigenvalue weighted by Gasteiger charge is -2.09. The summed E-state index contributed by atoms with van der Waals surface area (Å²) in [6.45, 7) is -1.02. The van der Waals surface area contributed by atoms with Crippen molar-refractivity contribution < 1.29 is 17.6 Å². The van der Waals surface area contributed by atoms with Crippen molar-refractivity contribution in [3.8, 4) is 11.3 Å². The van der Waals surface area contributed by atoms with Gasteiger partial charge in [0.15, 0.2) is 5.82 Å². The Morgan fingerprint density at radius 2 is 1.75 bits per heavy atom. The lowest BCUT2D eigenvalue weighted by atomic mass is 10.2. The zero-order valence-corrected chi connectivity index (χ0v) is 10.0. The van der Waals surface area contributed by atoms with Crippen LogP contribution in [0.2, 0.25) is 0 Å². The zero-order valence-electron chi connectivity index (χ0n) is 10.0. The minimum Gasteiger partial charge on any atom is -0.325 e. The summed E-state index contributed by atoms with van der Waals surface area (Å²) in [5.41, 5.74) is 5.57. The number of alkyl halides is 4. The lowest BCUT2D eigenvalue weighted by Crippen LogP contribution is -2.14. The number of aromatic nitrogens is 4. The smallest absolute Gasteiger partial charge is 0.325 e. The van der Waals surface area contributed by atoms with Gasteiger partial charge in [0.25, 0.3) is 0 Å². The highest BCUT2D eigenvalue weighted by molar-refractivity contribution is 5.57. The fraction of sp³-hybridized carbons (Fsp3) is 0.273. The van der Waals surface area contributed by atoms with Gasteiger partial charge in [0.2, 0.25) is 5.82 Å². The molecule has 9 heteroatoms. The number of halogens is 4. The number of hydrogen-bond acceptors (Lipinski definition) is 5. The van der Waals surface area contributed by atoms with Crippen molar-refractivity contribution >= 4 is 0 Å². The quantitative estimate of drug-likeness (QED) is 0.872. The van der Waals surface area contributed by atoms with Gasteiger partial charge in [-0.1, -0.05) is 0 Å². The third-order valence-electron chi connectivity index (χ3n) is 2.36. The maximum Gasteiger partial charge on any atom is 0.451 e. The van der Waals surface area contributed by atoms with Crippen LogP contribution in [0.15, 0.2) is 18.5 Å². The third-order valence-corrected chi connectivity index (χ3v) is 2.36. The van der Waals surface area contributed by atoms with Gasteiger partial charge in [0, 0.05) is 24.5 Å². The minimum absolute atomic E-state index is 0.0156. The van der Waals surface area contributed by atoms with E-state index in [0.29, 0.717) is 0 Å². The van der Waals surface area contributed by atoms with Gasteiger partial charge in [-0.05, 0) is 6.07 Å². The van der Waals surface area contributed by atoms with Crippen LogP contribution in [-0.4, -0.2) is 19.9 Å². The molecule has 0 fully saturated rings. The molecule has 0 spiro atoms. The molecule has 2 rings (SSSR count). The second-order valence-electron chi connectivity index (χ2n) is 3.79. The minimum atomic E-state index is -4.68. The second-order valence-corrected chi connectivity index (χ2v) is 3.79. The average molecular weight is 287 g/mol. The normalized spacial score (nSPS) is 11.7. The van der Waals surface area contributed by atoms with Crippen molar-refractivity contribution in [2.75, 3.05) is 0 Å². The van der Waals surface area contributed by atoms with Crippen molar-refractivity contribution in [1.82, 2.24) is 19.9 Å². The van der Waals surface area contributed by atoms with E-state index in [4.69, 9.17) is 5.73 Å². The van der Waals surface area contributed by atoms with Crippen LogP contribution < -0.4 is 5.73 Å². The first-order chi connectivity index (χ1) is 9.44. The van der Waals surface area contributed by atoms with E-state index in [2.05, 4.69) is 19.9 Å². The first-order valence-corrected chi connectivity index (χ1v) is 5.46. The highest BCUT2D eigenvalue weighted by atomic mass is 19.4. The molecule has 0 unspecified atom stereocenters. The summed E-state index contributed by atoms with van der Waals surface area (Å²) < 4.78 is 50.3. The Kier molecular flexibility index (Phi) is 3.89. The molecular weight excluding hydrogens is 278 g/mol. The fourth-order valence-corrected chi connectivity index (χ4v) is 1.43. The molecule has 0 bridgehead atoms. The van der Waals surface area contributed by atoms with Gasteiger partial charge in [-0.25, -0.2) is 24.3 Å². The fourth-order valence-electron chi connectivity index (χ4n) is 1.43. The highest BCUT2D eigenvalue weighted by Crippen LogP contribution is 2.28. The molecule has 0 aliphatic heterocycles. The molecule has 0 radical (unpaired) electrons. The number of nitrogens with two attached hydrogens (primary N) is 1. The molecule has 0 atom stereocenters. The second kappa shape index (κ2) is 5.45. The van der Waals surface area contributed by atoms with E-state index in [1.165, 1.54) is 18.5 Å². The maximum absolute atomic E-state index is 12.7. The van der Waals surface area contributed by atoms with Crippen LogP contribution in [0.5, 0.6) is 0 Å². The first-order valence-electron chi connectivity index (χ1n) is 5.46. The van der Waals surface area contributed by atoms with E-state index in [0.717, 1.165) is 0 Å². The molecule has 5 nitrogen and oxygen atoms in total. The van der Waals surface area contributed by atoms with Crippen LogP contribution >= 0.6 is 0 Å². The Hall–Kier alpha value is -2.16. The van der Waals surface area contributed by atoms with Gasteiger partial charge in [-0.2, -0.15) is 13.2 Å². The molecule has 0 aromatic carbocycles. The summed E-state index contributed by atoms with van der Waals surface area (Å²) in [7, 11) is 0. The molecule has 2 heterocycles. The molecule has 0 saturated carbocycles. The highest BCUT2D eigenvalue weighted by Gasteiger charge is 2.35. The van der Waals surface area contributed by atoms with Crippen molar-refractivity contribution in [3.05, 3.63) is 35.8 Å². The van der Waals surface area contributed by atoms with Crippen molar-refractivity contribution in [3.63, 3.8) is 0 Å². The summed E-state index contributed by atoms with van der Waals surface area (Å²) in [4.78, 5) is 14.1. The van der Waals surface area contributed by atoms with Crippen LogP contribution in [0, 0.1) is 0 Å². The molecule has 2 N–H and O–H groups in total. The Morgan fingerprint density at radius 1 is 1.10 bits per heavy atom. The average Bonchev–Trinajstić information content (AvgIpc) is 2.46. The molecule has 0 aliphatic carbocycles. The molecule has 0 amide bonds. The molecule has 0 saturated heterocycles. The predicted molar refractivity (Wildman–Crippen MR) is 60.8 cm³/mol. The van der Waals surface area contributed by atoms with Gasteiger partial charge < -0.3 is 5.73 Å². The SMILES string of the molecule is NCc1cc(-c2cnc(CF)nc2)nc(C(F)(F)F)n1. The number of rotatable bonds is 3. The van der Waals surface area contributed by atoms with Gasteiger partial charge in [-0.15, -0.1) is 0 Å². The van der Waals surface area contributed by atoms with Crippen LogP contribution in [0.4, 0.5) is 17.6 Å². The third kappa shape index (κ3) is 3.05. The maximum atomic E-state index is 12.7. The molecule has 0 aliphatic rings. The lowest BCUT2D eigenvalue weighted by molar-refractivity contribution is -0.145. The van der Waals surface area contributed by atoms with Crippen LogP contribution in [0.25, 0.3) is 11.3 Å². The molecule has 20 heavy (non-hydrogen) atoms. The summed E-state index contributed by atoms with van der Waals surface area (Å²) in [6, 6.07) is 1.31.